The highest BCUT2D eigenvalue weighted by Gasteiger charge is 2.10. The van der Waals surface area contributed by atoms with Gasteiger partial charge in [-0.25, -0.2) is 0 Å². The first-order valence-electron chi connectivity index (χ1n) is 4.37. The molecule has 0 spiro atoms. The fourth-order valence-electron chi connectivity index (χ4n) is 1.32. The van der Waals surface area contributed by atoms with Crippen molar-refractivity contribution in [1.29, 1.82) is 0 Å². The van der Waals surface area contributed by atoms with E-state index in [1.807, 2.05) is 0 Å². The zero-order valence-corrected chi connectivity index (χ0v) is 7.91. The quantitative estimate of drug-likeness (QED) is 0.633. The first-order valence-corrected chi connectivity index (χ1v) is 4.78. The second-order valence-electron chi connectivity index (χ2n) is 2.93. The lowest BCUT2D eigenvalue weighted by Gasteiger charge is -2.21. The van der Waals surface area contributed by atoms with Gasteiger partial charge < -0.3 is 10.2 Å². The molecule has 0 aromatic carbocycles. The Morgan fingerprint density at radius 3 is 3.09 bits per heavy atom. The van der Waals surface area contributed by atoms with Gasteiger partial charge in [0.1, 0.15) is 0 Å². The molecule has 1 aliphatic heterocycles. The molecule has 0 bridgehead atoms. The number of thiocarbonyl (C=S) groups is 1. The molecule has 0 aliphatic carbocycles. The summed E-state index contributed by atoms with van der Waals surface area (Å²) in [5, 5.41) is 4.19. The van der Waals surface area contributed by atoms with E-state index in [1.54, 1.807) is 0 Å². The van der Waals surface area contributed by atoms with Crippen LogP contribution in [0.15, 0.2) is 0 Å². The molecule has 0 amide bonds. The van der Waals surface area contributed by atoms with Gasteiger partial charge in [-0.15, -0.1) is 0 Å². The van der Waals surface area contributed by atoms with Crippen LogP contribution in [0.4, 0.5) is 0 Å². The van der Waals surface area contributed by atoms with Crippen LogP contribution in [-0.4, -0.2) is 29.6 Å². The number of nitrogens with one attached hydrogen (secondary N) is 1. The lowest BCUT2D eigenvalue weighted by atomic mass is 10.3. The van der Waals surface area contributed by atoms with E-state index in [4.69, 9.17) is 12.2 Å². The molecule has 2 nitrogen and oxygen atoms in total. The van der Waals surface area contributed by atoms with Gasteiger partial charge in [0.25, 0.3) is 0 Å². The lowest BCUT2D eigenvalue weighted by Crippen LogP contribution is -2.38. The number of nitrogens with zero attached hydrogens (tertiary/aromatic N) is 1. The standard InChI is InChI=1S/C8H16N2S/c1-2-6-10-7-4-3-5-9-8(10)11/h2-7H2,1H3,(H,9,11). The summed E-state index contributed by atoms with van der Waals surface area (Å²) < 4.78 is 0. The van der Waals surface area contributed by atoms with Crippen LogP contribution in [0.1, 0.15) is 26.2 Å². The van der Waals surface area contributed by atoms with E-state index in [2.05, 4.69) is 17.1 Å². The molecule has 0 saturated carbocycles. The molecular formula is C8H16N2S. The van der Waals surface area contributed by atoms with Crippen LogP contribution in [0.2, 0.25) is 0 Å². The monoisotopic (exact) mass is 172 g/mol. The van der Waals surface area contributed by atoms with E-state index in [0.717, 1.165) is 24.7 Å². The van der Waals surface area contributed by atoms with Crippen LogP contribution in [0.5, 0.6) is 0 Å². The Labute approximate surface area is 74.0 Å². The molecule has 1 saturated heterocycles. The van der Waals surface area contributed by atoms with E-state index < -0.39 is 0 Å². The molecule has 3 heteroatoms. The molecule has 0 atom stereocenters. The molecular weight excluding hydrogens is 156 g/mol. The largest absolute Gasteiger partial charge is 0.363 e. The van der Waals surface area contributed by atoms with Gasteiger partial charge in [-0.05, 0) is 31.5 Å². The maximum atomic E-state index is 5.19. The van der Waals surface area contributed by atoms with Crippen molar-refractivity contribution < 1.29 is 0 Å². The number of hydrogen-bond acceptors (Lipinski definition) is 1. The summed E-state index contributed by atoms with van der Waals surface area (Å²) in [5.74, 6) is 0. The summed E-state index contributed by atoms with van der Waals surface area (Å²) in [6, 6.07) is 0. The highest BCUT2D eigenvalue weighted by Crippen LogP contribution is 2.01. The first kappa shape index (κ1) is 8.78. The van der Waals surface area contributed by atoms with Gasteiger partial charge in [-0.1, -0.05) is 6.92 Å². The Hall–Kier alpha value is -0.310. The summed E-state index contributed by atoms with van der Waals surface area (Å²) in [6.45, 7) is 5.48. The fraction of sp³-hybridized carbons (Fsp3) is 0.875. The fourth-order valence-corrected chi connectivity index (χ4v) is 1.60. The first-order chi connectivity index (χ1) is 5.34. The summed E-state index contributed by atoms with van der Waals surface area (Å²) in [6.07, 6.45) is 3.70. The van der Waals surface area contributed by atoms with E-state index in [0.29, 0.717) is 0 Å². The molecule has 1 N–H and O–H groups in total. The van der Waals surface area contributed by atoms with Crippen molar-refractivity contribution in [1.82, 2.24) is 10.2 Å². The van der Waals surface area contributed by atoms with E-state index in [1.165, 1.54) is 19.3 Å². The molecule has 1 rings (SSSR count). The van der Waals surface area contributed by atoms with Crippen LogP contribution in [0.25, 0.3) is 0 Å². The van der Waals surface area contributed by atoms with Gasteiger partial charge in [0.15, 0.2) is 5.11 Å². The minimum atomic E-state index is 0.948. The predicted octanol–water partition coefficient (Wildman–Crippen LogP) is 1.37. The maximum absolute atomic E-state index is 5.19. The molecule has 1 aliphatic rings. The SMILES string of the molecule is CCCN1CCCCNC1=S. The number of rotatable bonds is 2. The summed E-state index contributed by atoms with van der Waals surface area (Å²) in [7, 11) is 0. The van der Waals surface area contributed by atoms with Crippen molar-refractivity contribution in [2.24, 2.45) is 0 Å². The Kier molecular flexibility index (Phi) is 3.63. The van der Waals surface area contributed by atoms with Crippen molar-refractivity contribution >= 4 is 17.3 Å². The second kappa shape index (κ2) is 4.54. The Morgan fingerprint density at radius 2 is 2.36 bits per heavy atom. The highest BCUT2D eigenvalue weighted by molar-refractivity contribution is 7.80. The topological polar surface area (TPSA) is 15.3 Å². The van der Waals surface area contributed by atoms with Crippen LogP contribution in [-0.2, 0) is 0 Å². The molecule has 0 aromatic rings. The molecule has 0 radical (unpaired) electrons. The van der Waals surface area contributed by atoms with Gasteiger partial charge in [0.05, 0.1) is 0 Å². The van der Waals surface area contributed by atoms with Gasteiger partial charge in [0, 0.05) is 19.6 Å². The van der Waals surface area contributed by atoms with Gasteiger partial charge in [-0.3, -0.25) is 0 Å². The normalized spacial score (nSPS) is 19.4. The maximum Gasteiger partial charge on any atom is 0.168 e. The van der Waals surface area contributed by atoms with Crippen molar-refractivity contribution in [2.75, 3.05) is 19.6 Å². The Morgan fingerprint density at radius 1 is 1.55 bits per heavy atom. The molecule has 64 valence electrons. The van der Waals surface area contributed by atoms with Crippen LogP contribution < -0.4 is 5.32 Å². The van der Waals surface area contributed by atoms with Gasteiger partial charge >= 0.3 is 0 Å². The summed E-state index contributed by atoms with van der Waals surface area (Å²) >= 11 is 5.19. The molecule has 11 heavy (non-hydrogen) atoms. The summed E-state index contributed by atoms with van der Waals surface area (Å²) in [5.41, 5.74) is 0. The van der Waals surface area contributed by atoms with Gasteiger partial charge in [-0.2, -0.15) is 0 Å². The number of hydrogen-bond donors (Lipinski definition) is 1. The van der Waals surface area contributed by atoms with Crippen LogP contribution in [0, 0.1) is 0 Å². The van der Waals surface area contributed by atoms with Crippen molar-refractivity contribution in [3.63, 3.8) is 0 Å². The molecule has 1 fully saturated rings. The minimum absolute atomic E-state index is 0.948. The van der Waals surface area contributed by atoms with Crippen LogP contribution in [0.3, 0.4) is 0 Å². The molecule has 0 aromatic heterocycles. The second-order valence-corrected chi connectivity index (χ2v) is 3.31. The summed E-state index contributed by atoms with van der Waals surface area (Å²) in [4.78, 5) is 2.27. The Bertz CT molecular complexity index is 136. The van der Waals surface area contributed by atoms with Gasteiger partial charge in [0.2, 0.25) is 0 Å². The third-order valence-electron chi connectivity index (χ3n) is 1.91. The molecule has 0 unspecified atom stereocenters. The average Bonchev–Trinajstić information content (AvgIpc) is 2.18. The van der Waals surface area contributed by atoms with E-state index >= 15 is 0 Å². The van der Waals surface area contributed by atoms with Crippen LogP contribution >= 0.6 is 12.2 Å². The molecule has 1 heterocycles. The van der Waals surface area contributed by atoms with E-state index in [9.17, 15) is 0 Å². The third kappa shape index (κ3) is 2.66. The zero-order chi connectivity index (χ0) is 8.10. The van der Waals surface area contributed by atoms with Crippen molar-refractivity contribution in [3.05, 3.63) is 0 Å². The lowest BCUT2D eigenvalue weighted by molar-refractivity contribution is 0.418. The third-order valence-corrected chi connectivity index (χ3v) is 2.31. The predicted molar refractivity (Wildman–Crippen MR) is 51.7 cm³/mol. The van der Waals surface area contributed by atoms with E-state index in [-0.39, 0.29) is 0 Å². The smallest absolute Gasteiger partial charge is 0.168 e. The van der Waals surface area contributed by atoms with Crippen molar-refractivity contribution in [2.45, 2.75) is 26.2 Å². The zero-order valence-electron chi connectivity index (χ0n) is 7.10. The van der Waals surface area contributed by atoms with Crippen molar-refractivity contribution in [3.8, 4) is 0 Å². The minimum Gasteiger partial charge on any atom is -0.363 e. The average molecular weight is 172 g/mol. The highest BCUT2D eigenvalue weighted by atomic mass is 32.1. The Balaban J connectivity index is 2.39.